The van der Waals surface area contributed by atoms with Crippen molar-refractivity contribution in [2.75, 3.05) is 23.3 Å². The molecule has 34 heavy (non-hydrogen) atoms. The predicted octanol–water partition coefficient (Wildman–Crippen LogP) is 3.31. The predicted molar refractivity (Wildman–Crippen MR) is 129 cm³/mol. The summed E-state index contributed by atoms with van der Waals surface area (Å²) in [5.74, 6) is 0.0469. The molecule has 0 atom stereocenters. The summed E-state index contributed by atoms with van der Waals surface area (Å²) in [5.41, 5.74) is 6.96. The molecule has 0 saturated heterocycles. The SMILES string of the molecule is CCOc1ccc(NS(=O)(=O)c2ccc(OCC(=O)Nc3ccc(C(N)=O)cc3)c(C)c2)cc1. The van der Waals surface area contributed by atoms with Crippen molar-refractivity contribution in [3.63, 3.8) is 0 Å². The molecule has 10 heteroatoms. The summed E-state index contributed by atoms with van der Waals surface area (Å²) in [6.45, 7) is 3.79. The molecule has 0 heterocycles. The lowest BCUT2D eigenvalue weighted by Gasteiger charge is -2.13. The summed E-state index contributed by atoms with van der Waals surface area (Å²) < 4.78 is 38.9. The van der Waals surface area contributed by atoms with Gasteiger partial charge in [0.05, 0.1) is 11.5 Å². The Morgan fingerprint density at radius 3 is 2.15 bits per heavy atom. The van der Waals surface area contributed by atoms with Crippen molar-refractivity contribution < 1.29 is 27.5 Å². The van der Waals surface area contributed by atoms with E-state index in [0.717, 1.165) is 0 Å². The van der Waals surface area contributed by atoms with Gasteiger partial charge in [0.15, 0.2) is 6.61 Å². The molecular formula is C24H25N3O6S. The molecule has 0 aliphatic rings. The maximum Gasteiger partial charge on any atom is 0.262 e. The fourth-order valence-electron chi connectivity index (χ4n) is 3.01. The van der Waals surface area contributed by atoms with Crippen molar-refractivity contribution in [1.82, 2.24) is 0 Å². The molecule has 0 spiro atoms. The van der Waals surface area contributed by atoms with Crippen molar-refractivity contribution in [1.29, 1.82) is 0 Å². The molecule has 2 amide bonds. The number of sulfonamides is 1. The summed E-state index contributed by atoms with van der Waals surface area (Å²) in [4.78, 5) is 23.3. The largest absolute Gasteiger partial charge is 0.494 e. The van der Waals surface area contributed by atoms with Crippen LogP contribution in [0.2, 0.25) is 0 Å². The van der Waals surface area contributed by atoms with E-state index < -0.39 is 21.8 Å². The highest BCUT2D eigenvalue weighted by Gasteiger charge is 2.16. The summed E-state index contributed by atoms with van der Waals surface area (Å²) in [7, 11) is -3.82. The smallest absolute Gasteiger partial charge is 0.262 e. The number of aryl methyl sites for hydroxylation is 1. The zero-order valence-corrected chi connectivity index (χ0v) is 19.5. The number of amides is 2. The number of nitrogens with two attached hydrogens (primary N) is 1. The highest BCUT2D eigenvalue weighted by Crippen LogP contribution is 2.24. The maximum absolute atomic E-state index is 12.7. The molecule has 4 N–H and O–H groups in total. The topological polar surface area (TPSA) is 137 Å². The van der Waals surface area contributed by atoms with Crippen LogP contribution in [-0.4, -0.2) is 33.4 Å². The van der Waals surface area contributed by atoms with Gasteiger partial charge >= 0.3 is 0 Å². The number of rotatable bonds is 10. The van der Waals surface area contributed by atoms with Gasteiger partial charge in [-0.15, -0.1) is 0 Å². The first-order valence-corrected chi connectivity index (χ1v) is 11.8. The van der Waals surface area contributed by atoms with Gasteiger partial charge in [0.25, 0.3) is 15.9 Å². The molecule has 0 unspecified atom stereocenters. The lowest BCUT2D eigenvalue weighted by molar-refractivity contribution is -0.118. The van der Waals surface area contributed by atoms with E-state index in [1.54, 1.807) is 43.3 Å². The standard InChI is InChI=1S/C24H25N3O6S/c1-3-32-20-10-8-19(9-11-20)27-34(30,31)21-12-13-22(16(2)14-21)33-15-23(28)26-18-6-4-17(5-7-18)24(25)29/h4-14,27H,3,15H2,1-2H3,(H2,25,29)(H,26,28). The van der Waals surface area contributed by atoms with E-state index in [2.05, 4.69) is 10.0 Å². The van der Waals surface area contributed by atoms with Crippen LogP contribution < -0.4 is 25.2 Å². The molecule has 0 bridgehead atoms. The van der Waals surface area contributed by atoms with E-state index >= 15 is 0 Å². The van der Waals surface area contributed by atoms with Crippen molar-refractivity contribution in [3.8, 4) is 11.5 Å². The Labute approximate surface area is 197 Å². The van der Waals surface area contributed by atoms with Gasteiger partial charge in [0, 0.05) is 16.9 Å². The lowest BCUT2D eigenvalue weighted by Crippen LogP contribution is -2.20. The molecule has 0 radical (unpaired) electrons. The Hall–Kier alpha value is -4.05. The van der Waals surface area contributed by atoms with E-state index in [-0.39, 0.29) is 11.5 Å². The first kappa shape index (κ1) is 24.6. The van der Waals surface area contributed by atoms with Crippen LogP contribution in [0.4, 0.5) is 11.4 Å². The third kappa shape index (κ3) is 6.48. The monoisotopic (exact) mass is 483 g/mol. The second-order valence-electron chi connectivity index (χ2n) is 7.27. The van der Waals surface area contributed by atoms with Gasteiger partial charge in [0.1, 0.15) is 11.5 Å². The van der Waals surface area contributed by atoms with Gasteiger partial charge in [-0.25, -0.2) is 8.42 Å². The van der Waals surface area contributed by atoms with Gasteiger partial charge in [-0.3, -0.25) is 14.3 Å². The minimum absolute atomic E-state index is 0.0604. The van der Waals surface area contributed by atoms with Gasteiger partial charge in [-0.2, -0.15) is 0 Å². The Kier molecular flexibility index (Phi) is 7.75. The lowest BCUT2D eigenvalue weighted by atomic mass is 10.2. The van der Waals surface area contributed by atoms with Crippen molar-refractivity contribution in [2.24, 2.45) is 5.73 Å². The third-order valence-corrected chi connectivity index (χ3v) is 6.07. The second-order valence-corrected chi connectivity index (χ2v) is 8.95. The highest BCUT2D eigenvalue weighted by molar-refractivity contribution is 7.92. The van der Waals surface area contributed by atoms with Crippen molar-refractivity contribution in [2.45, 2.75) is 18.7 Å². The van der Waals surface area contributed by atoms with Crippen LogP contribution >= 0.6 is 0 Å². The fourth-order valence-corrected chi connectivity index (χ4v) is 4.15. The van der Waals surface area contributed by atoms with E-state index in [1.807, 2.05) is 6.92 Å². The molecule has 3 aromatic rings. The molecule has 0 saturated carbocycles. The molecule has 3 rings (SSSR count). The normalized spacial score (nSPS) is 10.9. The zero-order chi connectivity index (χ0) is 24.7. The van der Waals surface area contributed by atoms with Crippen LogP contribution in [0.25, 0.3) is 0 Å². The molecule has 9 nitrogen and oxygen atoms in total. The van der Waals surface area contributed by atoms with E-state index in [1.165, 1.54) is 30.3 Å². The molecule has 3 aromatic carbocycles. The fraction of sp³-hybridized carbons (Fsp3) is 0.167. The van der Waals surface area contributed by atoms with Gasteiger partial charge in [0.2, 0.25) is 5.91 Å². The number of hydrogen-bond acceptors (Lipinski definition) is 6. The summed E-state index contributed by atoms with van der Waals surface area (Å²) in [6, 6.07) is 17.1. The highest BCUT2D eigenvalue weighted by atomic mass is 32.2. The molecule has 178 valence electrons. The Balaban J connectivity index is 1.60. The number of anilines is 2. The van der Waals surface area contributed by atoms with Gasteiger partial charge < -0.3 is 20.5 Å². The number of hydrogen-bond donors (Lipinski definition) is 3. The number of nitrogens with one attached hydrogen (secondary N) is 2. The van der Waals surface area contributed by atoms with E-state index in [0.29, 0.717) is 40.6 Å². The van der Waals surface area contributed by atoms with Gasteiger partial charge in [-0.1, -0.05) is 0 Å². The molecule has 0 aliphatic carbocycles. The first-order chi connectivity index (χ1) is 16.2. The van der Waals surface area contributed by atoms with Crippen LogP contribution in [0.3, 0.4) is 0 Å². The van der Waals surface area contributed by atoms with Crippen LogP contribution in [0.1, 0.15) is 22.8 Å². The Morgan fingerprint density at radius 1 is 0.912 bits per heavy atom. The summed E-state index contributed by atoms with van der Waals surface area (Å²) in [5, 5.41) is 2.64. The number of benzene rings is 3. The summed E-state index contributed by atoms with van der Waals surface area (Å²) in [6.07, 6.45) is 0. The van der Waals surface area contributed by atoms with Crippen LogP contribution in [0.15, 0.2) is 71.6 Å². The van der Waals surface area contributed by atoms with E-state index in [9.17, 15) is 18.0 Å². The Bertz CT molecular complexity index is 1270. The van der Waals surface area contributed by atoms with E-state index in [4.69, 9.17) is 15.2 Å². The minimum Gasteiger partial charge on any atom is -0.494 e. The van der Waals surface area contributed by atoms with Crippen LogP contribution in [0, 0.1) is 6.92 Å². The third-order valence-electron chi connectivity index (χ3n) is 4.69. The minimum atomic E-state index is -3.82. The Morgan fingerprint density at radius 2 is 1.56 bits per heavy atom. The molecule has 0 aromatic heterocycles. The van der Waals surface area contributed by atoms with Crippen molar-refractivity contribution in [3.05, 3.63) is 77.9 Å². The maximum atomic E-state index is 12.7. The molecule has 0 fully saturated rings. The average Bonchev–Trinajstić information content (AvgIpc) is 2.80. The molecule has 0 aliphatic heterocycles. The van der Waals surface area contributed by atoms with Crippen LogP contribution in [-0.2, 0) is 14.8 Å². The summed E-state index contributed by atoms with van der Waals surface area (Å²) >= 11 is 0. The number of primary amides is 1. The quantitative estimate of drug-likeness (QED) is 0.405. The number of carbonyl (C=O) groups excluding carboxylic acids is 2. The van der Waals surface area contributed by atoms with Gasteiger partial charge in [-0.05, 0) is 86.1 Å². The number of ether oxygens (including phenoxy) is 2. The average molecular weight is 484 g/mol. The number of carbonyl (C=O) groups is 2. The van der Waals surface area contributed by atoms with Crippen molar-refractivity contribution >= 4 is 33.2 Å². The second kappa shape index (κ2) is 10.7. The molecular weight excluding hydrogens is 458 g/mol. The zero-order valence-electron chi connectivity index (χ0n) is 18.7. The first-order valence-electron chi connectivity index (χ1n) is 10.4. The van der Waals surface area contributed by atoms with Crippen LogP contribution in [0.5, 0.6) is 11.5 Å².